The fourth-order valence-electron chi connectivity index (χ4n) is 2.59. The van der Waals surface area contributed by atoms with Gasteiger partial charge in [-0.2, -0.15) is 0 Å². The van der Waals surface area contributed by atoms with Crippen LogP contribution in [0, 0.1) is 13.8 Å². The maximum Gasteiger partial charge on any atom is 0.305 e. The molecule has 2 amide bonds. The Bertz CT molecular complexity index is 956. The molecule has 0 spiro atoms. The van der Waals surface area contributed by atoms with Crippen molar-refractivity contribution in [3.63, 3.8) is 0 Å². The van der Waals surface area contributed by atoms with Gasteiger partial charge in [0.2, 0.25) is 0 Å². The van der Waals surface area contributed by atoms with E-state index in [1.165, 1.54) is 0 Å². The van der Waals surface area contributed by atoms with E-state index in [-0.39, 0.29) is 5.76 Å². The third kappa shape index (κ3) is 2.82. The van der Waals surface area contributed by atoms with Gasteiger partial charge >= 0.3 is 5.91 Å². The number of hydrogen-bond donors (Lipinski definition) is 2. The second-order valence-corrected chi connectivity index (χ2v) is 6.49. The van der Waals surface area contributed by atoms with E-state index in [0.717, 1.165) is 21.0 Å². The highest BCUT2D eigenvalue weighted by molar-refractivity contribution is 9.10. The molecular weight excluding hydrogens is 374 g/mol. The van der Waals surface area contributed by atoms with Crippen LogP contribution in [0.4, 0.5) is 0 Å². The maximum absolute atomic E-state index is 12.3. The predicted octanol–water partition coefficient (Wildman–Crippen LogP) is 3.23. The molecule has 1 aromatic carbocycles. The molecule has 6 nitrogen and oxygen atoms in total. The molecule has 2 heterocycles. The first-order valence-corrected chi connectivity index (χ1v) is 8.09. The summed E-state index contributed by atoms with van der Waals surface area (Å²) in [5.41, 5.74) is 7.58. The van der Waals surface area contributed by atoms with Crippen LogP contribution >= 0.6 is 15.9 Å². The summed E-state index contributed by atoms with van der Waals surface area (Å²) in [6, 6.07) is 7.40. The van der Waals surface area contributed by atoms with Crippen LogP contribution in [0.3, 0.4) is 0 Å². The molecule has 2 aromatic heterocycles. The van der Waals surface area contributed by atoms with Crippen LogP contribution in [-0.4, -0.2) is 16.4 Å². The monoisotopic (exact) mass is 389 g/mol. The molecule has 0 saturated heterocycles. The molecule has 3 rings (SSSR count). The highest BCUT2D eigenvalue weighted by Gasteiger charge is 2.19. The molecule has 0 unspecified atom stereocenters. The Hall–Kier alpha value is -2.54. The molecule has 0 aliphatic rings. The van der Waals surface area contributed by atoms with Crippen LogP contribution in [0.15, 0.2) is 39.4 Å². The number of fused-ring (bicyclic) bond motifs is 1. The Morgan fingerprint density at radius 2 is 1.88 bits per heavy atom. The Balaban J connectivity index is 1.78. The van der Waals surface area contributed by atoms with Gasteiger partial charge in [0.25, 0.3) is 5.91 Å². The largest absolute Gasteiger partial charge is 0.450 e. The summed E-state index contributed by atoms with van der Waals surface area (Å²) in [4.78, 5) is 24.5. The van der Waals surface area contributed by atoms with Crippen LogP contribution < -0.4 is 10.9 Å². The van der Waals surface area contributed by atoms with E-state index < -0.39 is 11.8 Å². The third-order valence-electron chi connectivity index (χ3n) is 3.86. The predicted molar refractivity (Wildman–Crippen MR) is 93.7 cm³/mol. The minimum absolute atomic E-state index is 0.188. The lowest BCUT2D eigenvalue weighted by Gasteiger charge is -2.07. The van der Waals surface area contributed by atoms with Gasteiger partial charge in [-0.15, -0.1) is 0 Å². The van der Waals surface area contributed by atoms with Gasteiger partial charge in [0, 0.05) is 28.7 Å². The van der Waals surface area contributed by atoms with Gasteiger partial charge in [-0.3, -0.25) is 20.4 Å². The summed E-state index contributed by atoms with van der Waals surface area (Å²) < 4.78 is 8.12. The number of amides is 2. The zero-order valence-electron chi connectivity index (χ0n) is 13.4. The summed E-state index contributed by atoms with van der Waals surface area (Å²) in [5.74, 6) is -0.723. The number of hydrogen-bond acceptors (Lipinski definition) is 3. The van der Waals surface area contributed by atoms with E-state index in [9.17, 15) is 9.59 Å². The number of carbonyl (C=O) groups excluding carboxylic acids is 2. The molecule has 0 aliphatic heterocycles. The molecule has 0 aliphatic carbocycles. The fraction of sp³-hybridized carbons (Fsp3) is 0.176. The zero-order chi connectivity index (χ0) is 17.4. The quantitative estimate of drug-likeness (QED) is 0.660. The second-order valence-electron chi connectivity index (χ2n) is 5.57. The van der Waals surface area contributed by atoms with E-state index in [1.54, 1.807) is 23.9 Å². The van der Waals surface area contributed by atoms with E-state index in [4.69, 9.17) is 4.42 Å². The van der Waals surface area contributed by atoms with Crippen LogP contribution in [0.2, 0.25) is 0 Å². The van der Waals surface area contributed by atoms with Crippen LogP contribution in [0.1, 0.15) is 32.2 Å². The lowest BCUT2D eigenvalue weighted by Crippen LogP contribution is -2.42. The van der Waals surface area contributed by atoms with Crippen molar-refractivity contribution in [3.8, 4) is 0 Å². The summed E-state index contributed by atoms with van der Waals surface area (Å²) >= 11 is 3.30. The van der Waals surface area contributed by atoms with Crippen molar-refractivity contribution in [1.29, 1.82) is 0 Å². The number of halogens is 1. The molecule has 0 saturated carbocycles. The lowest BCUT2D eigenvalue weighted by molar-refractivity contribution is 0.0827. The smallest absolute Gasteiger partial charge is 0.305 e. The minimum Gasteiger partial charge on any atom is -0.450 e. The number of aromatic nitrogens is 1. The van der Waals surface area contributed by atoms with Gasteiger partial charge in [0.05, 0.1) is 0 Å². The molecule has 0 fully saturated rings. The molecule has 2 N–H and O–H groups in total. The Morgan fingerprint density at radius 1 is 1.17 bits per heavy atom. The number of rotatable bonds is 2. The molecule has 3 aromatic rings. The molecule has 124 valence electrons. The van der Waals surface area contributed by atoms with Crippen LogP contribution in [0.25, 0.3) is 11.0 Å². The topological polar surface area (TPSA) is 76.3 Å². The van der Waals surface area contributed by atoms with Crippen molar-refractivity contribution < 1.29 is 14.0 Å². The summed E-state index contributed by atoms with van der Waals surface area (Å²) in [7, 11) is 1.74. The van der Waals surface area contributed by atoms with Gasteiger partial charge in [0.1, 0.15) is 11.3 Å². The third-order valence-corrected chi connectivity index (χ3v) is 4.29. The van der Waals surface area contributed by atoms with Crippen molar-refractivity contribution in [2.24, 2.45) is 7.05 Å². The number of nitrogens with zero attached hydrogens (tertiary/aromatic N) is 1. The van der Waals surface area contributed by atoms with Gasteiger partial charge in [-0.25, -0.2) is 0 Å². The molecule has 0 bridgehead atoms. The Morgan fingerprint density at radius 3 is 2.50 bits per heavy atom. The highest BCUT2D eigenvalue weighted by atomic mass is 79.9. The average molecular weight is 390 g/mol. The molecular formula is C17H16BrN3O3. The molecule has 24 heavy (non-hydrogen) atoms. The highest BCUT2D eigenvalue weighted by Crippen LogP contribution is 2.27. The number of carbonyl (C=O) groups is 2. The van der Waals surface area contributed by atoms with Crippen LogP contribution in [-0.2, 0) is 7.05 Å². The first kappa shape index (κ1) is 16.3. The van der Waals surface area contributed by atoms with Crippen molar-refractivity contribution in [2.45, 2.75) is 13.8 Å². The van der Waals surface area contributed by atoms with Crippen molar-refractivity contribution in [2.75, 3.05) is 0 Å². The fourth-order valence-corrected chi connectivity index (χ4v) is 3.11. The number of benzene rings is 1. The number of hydrazine groups is 1. The van der Waals surface area contributed by atoms with E-state index in [0.29, 0.717) is 11.3 Å². The van der Waals surface area contributed by atoms with Crippen molar-refractivity contribution >= 4 is 38.7 Å². The maximum atomic E-state index is 12.3. The summed E-state index contributed by atoms with van der Waals surface area (Å²) in [5, 5.41) is 0.887. The van der Waals surface area contributed by atoms with Gasteiger partial charge in [0.15, 0.2) is 5.76 Å². The molecule has 0 radical (unpaired) electrons. The van der Waals surface area contributed by atoms with Crippen LogP contribution in [0.5, 0.6) is 0 Å². The first-order valence-electron chi connectivity index (χ1n) is 7.29. The van der Waals surface area contributed by atoms with E-state index >= 15 is 0 Å². The van der Waals surface area contributed by atoms with Gasteiger partial charge < -0.3 is 8.98 Å². The van der Waals surface area contributed by atoms with Gasteiger partial charge in [-0.05, 0) is 41.4 Å². The van der Waals surface area contributed by atoms with Crippen molar-refractivity contribution in [3.05, 3.63) is 57.5 Å². The number of aryl methyl sites for hydroxylation is 3. The summed E-state index contributed by atoms with van der Waals surface area (Å²) in [6.45, 7) is 3.73. The molecule has 0 atom stereocenters. The van der Waals surface area contributed by atoms with Gasteiger partial charge in [-0.1, -0.05) is 18.2 Å². The normalized spacial score (nSPS) is 10.8. The standard InChI is InChI=1S/C17H16BrN3O3/c1-9-5-4-6-12-10(2)15(24-14(9)12)17(23)20-19-16(22)13-7-11(18)8-21(13)3/h4-8H,1-3H3,(H,19,22)(H,20,23). The number of furan rings is 1. The lowest BCUT2D eigenvalue weighted by atomic mass is 10.1. The SMILES string of the molecule is Cc1c(C(=O)NNC(=O)c2cc(Br)cn2C)oc2c(C)cccc12. The number of nitrogens with one attached hydrogen (secondary N) is 2. The zero-order valence-corrected chi connectivity index (χ0v) is 15.0. The van der Waals surface area contributed by atoms with Crippen molar-refractivity contribution in [1.82, 2.24) is 15.4 Å². The van der Waals surface area contributed by atoms with E-state index in [2.05, 4.69) is 26.8 Å². The second kappa shape index (κ2) is 6.16. The van der Waals surface area contributed by atoms with E-state index in [1.807, 2.05) is 32.0 Å². The first-order chi connectivity index (χ1) is 11.4. The summed E-state index contributed by atoms with van der Waals surface area (Å²) in [6.07, 6.45) is 1.75. The Labute approximate surface area is 146 Å². The number of para-hydroxylation sites is 1. The minimum atomic E-state index is -0.496. The average Bonchev–Trinajstić information content (AvgIpc) is 3.06. The Kier molecular flexibility index (Phi) is 4.19. The molecule has 7 heteroatoms.